The van der Waals surface area contributed by atoms with Crippen molar-refractivity contribution in [3.8, 4) is 0 Å². The lowest BCUT2D eigenvalue weighted by Gasteiger charge is -2.21. The van der Waals surface area contributed by atoms with Crippen molar-refractivity contribution in [2.45, 2.75) is 12.5 Å². The largest absolute Gasteiger partial charge is 0.447 e. The number of carbonyl (C=O) groups is 1. The molecule has 1 aliphatic rings. The Morgan fingerprint density at radius 2 is 2.07 bits per heavy atom. The fraction of sp³-hybridized carbons (Fsp3) is 0.300. The van der Waals surface area contributed by atoms with Gasteiger partial charge in [0, 0.05) is 4.47 Å². The van der Waals surface area contributed by atoms with Crippen molar-refractivity contribution >= 4 is 22.0 Å². The predicted molar refractivity (Wildman–Crippen MR) is 56.0 cm³/mol. The third-order valence-corrected chi connectivity index (χ3v) is 2.88. The van der Waals surface area contributed by atoms with E-state index in [1.165, 1.54) is 0 Å². The second kappa shape index (κ2) is 3.28. The van der Waals surface area contributed by atoms with Crippen molar-refractivity contribution in [2.75, 3.05) is 6.61 Å². The lowest BCUT2D eigenvalue weighted by molar-refractivity contribution is 0.173. The lowest BCUT2D eigenvalue weighted by Crippen LogP contribution is -2.37. The van der Waals surface area contributed by atoms with Crippen LogP contribution in [-0.4, -0.2) is 12.7 Å². The summed E-state index contributed by atoms with van der Waals surface area (Å²) in [6.07, 6.45) is -0.351. The summed E-state index contributed by atoms with van der Waals surface area (Å²) in [5.74, 6) is 0. The Kier molecular flexibility index (Phi) is 2.23. The number of benzene rings is 1. The topological polar surface area (TPSA) is 38.3 Å². The molecule has 0 aliphatic carbocycles. The predicted octanol–water partition coefficient (Wildman–Crippen LogP) is 2.40. The normalized spacial score (nSPS) is 25.7. The van der Waals surface area contributed by atoms with Crippen LogP contribution < -0.4 is 5.32 Å². The first-order valence-corrected chi connectivity index (χ1v) is 5.10. The van der Waals surface area contributed by atoms with E-state index < -0.39 is 5.54 Å². The molecule has 1 amide bonds. The Morgan fingerprint density at radius 1 is 1.43 bits per heavy atom. The zero-order valence-corrected chi connectivity index (χ0v) is 9.30. The molecule has 0 unspecified atom stereocenters. The Labute approximate surface area is 90.6 Å². The fourth-order valence-electron chi connectivity index (χ4n) is 1.48. The summed E-state index contributed by atoms with van der Waals surface area (Å²) in [4.78, 5) is 11.0. The molecule has 1 fully saturated rings. The van der Waals surface area contributed by atoms with Gasteiger partial charge in [0.05, 0.1) is 5.54 Å². The van der Waals surface area contributed by atoms with E-state index in [9.17, 15) is 4.79 Å². The van der Waals surface area contributed by atoms with Gasteiger partial charge in [0.25, 0.3) is 0 Å². The molecule has 4 heteroatoms. The van der Waals surface area contributed by atoms with Crippen LogP contribution in [0.2, 0.25) is 0 Å². The SMILES string of the molecule is C[C@@]1(c2ccc(Br)cc2)COC(=O)N1. The van der Waals surface area contributed by atoms with Gasteiger partial charge < -0.3 is 10.1 Å². The van der Waals surface area contributed by atoms with E-state index in [0.29, 0.717) is 6.61 Å². The van der Waals surface area contributed by atoms with Gasteiger partial charge in [0.15, 0.2) is 0 Å². The van der Waals surface area contributed by atoms with Gasteiger partial charge in [-0.1, -0.05) is 28.1 Å². The summed E-state index contributed by atoms with van der Waals surface area (Å²) < 4.78 is 5.91. The molecular weight excluding hydrogens is 246 g/mol. The average Bonchev–Trinajstić information content (AvgIpc) is 2.48. The highest BCUT2D eigenvalue weighted by Crippen LogP contribution is 2.26. The molecule has 0 saturated carbocycles. The summed E-state index contributed by atoms with van der Waals surface area (Å²) >= 11 is 3.36. The Balaban J connectivity index is 2.30. The van der Waals surface area contributed by atoms with Crippen molar-refractivity contribution < 1.29 is 9.53 Å². The molecule has 1 atom stereocenters. The van der Waals surface area contributed by atoms with Crippen LogP contribution in [0.1, 0.15) is 12.5 Å². The molecule has 1 N–H and O–H groups in total. The van der Waals surface area contributed by atoms with Gasteiger partial charge in [-0.05, 0) is 24.6 Å². The lowest BCUT2D eigenvalue weighted by atomic mass is 9.94. The number of halogens is 1. The summed E-state index contributed by atoms with van der Waals surface area (Å²) in [6, 6.07) is 7.84. The second-order valence-corrected chi connectivity index (χ2v) is 4.46. The van der Waals surface area contributed by atoms with E-state index in [1.54, 1.807) is 0 Å². The number of rotatable bonds is 1. The Morgan fingerprint density at radius 3 is 2.57 bits per heavy atom. The standard InChI is InChI=1S/C10H10BrNO2/c1-10(6-14-9(13)12-10)7-2-4-8(11)5-3-7/h2-5H,6H2,1H3,(H,12,13)/t10-/m0/s1. The van der Waals surface area contributed by atoms with Crippen LogP contribution in [0.3, 0.4) is 0 Å². The molecule has 0 bridgehead atoms. The number of carbonyl (C=O) groups excluding carboxylic acids is 1. The monoisotopic (exact) mass is 255 g/mol. The van der Waals surface area contributed by atoms with E-state index in [-0.39, 0.29) is 6.09 Å². The maximum Gasteiger partial charge on any atom is 0.408 e. The third-order valence-electron chi connectivity index (χ3n) is 2.35. The van der Waals surface area contributed by atoms with Gasteiger partial charge in [-0.25, -0.2) is 4.79 Å². The van der Waals surface area contributed by atoms with Crippen molar-refractivity contribution in [2.24, 2.45) is 0 Å². The molecule has 1 heterocycles. The van der Waals surface area contributed by atoms with Gasteiger partial charge in [-0.2, -0.15) is 0 Å². The zero-order chi connectivity index (χ0) is 10.2. The smallest absolute Gasteiger partial charge is 0.408 e. The molecule has 74 valence electrons. The van der Waals surface area contributed by atoms with Crippen LogP contribution in [0.5, 0.6) is 0 Å². The van der Waals surface area contributed by atoms with Gasteiger partial charge in [-0.3, -0.25) is 0 Å². The van der Waals surface area contributed by atoms with Crippen LogP contribution in [0, 0.1) is 0 Å². The summed E-state index contributed by atoms with van der Waals surface area (Å²) in [5.41, 5.74) is 0.657. The summed E-state index contributed by atoms with van der Waals surface area (Å²) in [7, 11) is 0. The van der Waals surface area contributed by atoms with Crippen molar-refractivity contribution in [3.63, 3.8) is 0 Å². The molecule has 1 aliphatic heterocycles. The van der Waals surface area contributed by atoms with Crippen LogP contribution >= 0.6 is 15.9 Å². The fourth-order valence-corrected chi connectivity index (χ4v) is 1.74. The number of cyclic esters (lactones) is 1. The van der Waals surface area contributed by atoms with Crippen molar-refractivity contribution in [1.82, 2.24) is 5.32 Å². The highest BCUT2D eigenvalue weighted by molar-refractivity contribution is 9.10. The number of nitrogens with one attached hydrogen (secondary N) is 1. The zero-order valence-electron chi connectivity index (χ0n) is 7.71. The maximum atomic E-state index is 11.0. The van der Waals surface area contributed by atoms with Crippen molar-refractivity contribution in [3.05, 3.63) is 34.3 Å². The summed E-state index contributed by atoms with van der Waals surface area (Å²) in [6.45, 7) is 2.33. The maximum absolute atomic E-state index is 11.0. The number of hydrogen-bond donors (Lipinski definition) is 1. The molecule has 14 heavy (non-hydrogen) atoms. The molecule has 0 aromatic heterocycles. The highest BCUT2D eigenvalue weighted by Gasteiger charge is 2.36. The summed E-state index contributed by atoms with van der Waals surface area (Å²) in [5, 5.41) is 2.79. The van der Waals surface area contributed by atoms with Gasteiger partial charge in [-0.15, -0.1) is 0 Å². The Hall–Kier alpha value is -1.03. The Bertz CT molecular complexity index is 363. The minimum Gasteiger partial charge on any atom is -0.447 e. The number of amides is 1. The van der Waals surface area contributed by atoms with Crippen LogP contribution in [0.15, 0.2) is 28.7 Å². The quantitative estimate of drug-likeness (QED) is 0.837. The molecule has 0 spiro atoms. The van der Waals surface area contributed by atoms with Crippen LogP contribution in [0.4, 0.5) is 4.79 Å². The van der Waals surface area contributed by atoms with E-state index in [1.807, 2.05) is 31.2 Å². The first-order valence-electron chi connectivity index (χ1n) is 4.31. The molecule has 1 aromatic rings. The molecule has 1 saturated heterocycles. The van der Waals surface area contributed by atoms with E-state index in [4.69, 9.17) is 4.74 Å². The molecule has 3 nitrogen and oxygen atoms in total. The second-order valence-electron chi connectivity index (χ2n) is 3.54. The van der Waals surface area contributed by atoms with E-state index in [0.717, 1.165) is 10.0 Å². The molecule has 2 rings (SSSR count). The molecule has 0 radical (unpaired) electrons. The first kappa shape index (κ1) is 9.52. The first-order chi connectivity index (χ1) is 6.60. The van der Waals surface area contributed by atoms with Gasteiger partial charge in [0.1, 0.15) is 6.61 Å². The van der Waals surface area contributed by atoms with Crippen LogP contribution in [0.25, 0.3) is 0 Å². The molecule has 1 aromatic carbocycles. The molecular formula is C10H10BrNO2. The van der Waals surface area contributed by atoms with E-state index >= 15 is 0 Å². The van der Waals surface area contributed by atoms with Gasteiger partial charge in [0.2, 0.25) is 0 Å². The van der Waals surface area contributed by atoms with Gasteiger partial charge >= 0.3 is 6.09 Å². The van der Waals surface area contributed by atoms with Crippen LogP contribution in [-0.2, 0) is 10.3 Å². The van der Waals surface area contributed by atoms with E-state index in [2.05, 4.69) is 21.2 Å². The number of hydrogen-bond acceptors (Lipinski definition) is 2. The van der Waals surface area contributed by atoms with Crippen molar-refractivity contribution in [1.29, 1.82) is 0 Å². The number of alkyl carbamates (subject to hydrolysis) is 1. The number of ether oxygens (including phenoxy) is 1. The minimum atomic E-state index is -0.391. The highest BCUT2D eigenvalue weighted by atomic mass is 79.9. The third kappa shape index (κ3) is 1.62. The average molecular weight is 256 g/mol. The minimum absolute atomic E-state index is 0.351.